The van der Waals surface area contributed by atoms with Gasteiger partial charge in [0.25, 0.3) is 15.9 Å². The van der Waals surface area contributed by atoms with E-state index in [1.807, 2.05) is 0 Å². The van der Waals surface area contributed by atoms with Crippen LogP contribution in [0.15, 0.2) is 53.4 Å². The Balaban J connectivity index is 1.30. The number of hydrogen-bond acceptors (Lipinski definition) is 5. The van der Waals surface area contributed by atoms with Gasteiger partial charge in [0.15, 0.2) is 0 Å². The van der Waals surface area contributed by atoms with Gasteiger partial charge >= 0.3 is 0 Å². The first kappa shape index (κ1) is 19.0. The Morgan fingerprint density at radius 1 is 0.857 bits per heavy atom. The number of sulfonamides is 1. The van der Waals surface area contributed by atoms with Gasteiger partial charge in [0.2, 0.25) is 0 Å². The average molecular weight is 403 g/mol. The van der Waals surface area contributed by atoms with Gasteiger partial charge in [-0.1, -0.05) is 24.3 Å². The lowest BCUT2D eigenvalue weighted by molar-refractivity contribution is 0.0836. The number of piperazine rings is 1. The van der Waals surface area contributed by atoms with E-state index in [2.05, 4.69) is 9.80 Å². The second-order valence-electron chi connectivity index (χ2n) is 7.12. The molecule has 28 heavy (non-hydrogen) atoms. The summed E-state index contributed by atoms with van der Waals surface area (Å²) in [5.74, 6) is -0.673. The van der Waals surface area contributed by atoms with Crippen molar-refractivity contribution in [3.05, 3.63) is 65.5 Å². The van der Waals surface area contributed by atoms with Crippen LogP contribution in [0.4, 0.5) is 4.39 Å². The highest BCUT2D eigenvalue weighted by Gasteiger charge is 2.40. The maximum Gasteiger partial charge on any atom is 0.269 e. The van der Waals surface area contributed by atoms with Gasteiger partial charge in [0.1, 0.15) is 10.7 Å². The van der Waals surface area contributed by atoms with Gasteiger partial charge in [-0.2, -0.15) is 0 Å². The molecule has 2 aliphatic rings. The number of halogens is 1. The predicted octanol–water partition coefficient (Wildman–Crippen LogP) is 1.79. The van der Waals surface area contributed by atoms with E-state index >= 15 is 0 Å². The van der Waals surface area contributed by atoms with Crippen LogP contribution in [0.25, 0.3) is 0 Å². The molecule has 4 rings (SSSR count). The van der Waals surface area contributed by atoms with Crippen LogP contribution >= 0.6 is 0 Å². The molecule has 0 bridgehead atoms. The monoisotopic (exact) mass is 403 g/mol. The molecule has 2 aliphatic heterocycles. The molecule has 0 radical (unpaired) electrons. The lowest BCUT2D eigenvalue weighted by Crippen LogP contribution is -2.48. The predicted molar refractivity (Wildman–Crippen MR) is 103 cm³/mol. The molecule has 6 nitrogen and oxygen atoms in total. The van der Waals surface area contributed by atoms with Crippen LogP contribution in [-0.2, 0) is 16.6 Å². The third kappa shape index (κ3) is 3.67. The summed E-state index contributed by atoms with van der Waals surface area (Å²) in [4.78, 5) is 17.0. The van der Waals surface area contributed by atoms with Crippen molar-refractivity contribution in [2.24, 2.45) is 0 Å². The molecule has 0 aromatic heterocycles. The van der Waals surface area contributed by atoms with E-state index in [-0.39, 0.29) is 22.8 Å². The van der Waals surface area contributed by atoms with E-state index < -0.39 is 15.9 Å². The van der Waals surface area contributed by atoms with Gasteiger partial charge < -0.3 is 0 Å². The maximum absolute atomic E-state index is 13.0. The van der Waals surface area contributed by atoms with Gasteiger partial charge in [-0.25, -0.2) is 17.1 Å². The summed E-state index contributed by atoms with van der Waals surface area (Å²) in [6, 6.07) is 12.9. The molecule has 0 N–H and O–H groups in total. The topological polar surface area (TPSA) is 60.9 Å². The molecule has 0 atom stereocenters. The van der Waals surface area contributed by atoms with Gasteiger partial charge in [-0.15, -0.1) is 0 Å². The average Bonchev–Trinajstić information content (AvgIpc) is 2.89. The maximum atomic E-state index is 13.0. The van der Waals surface area contributed by atoms with Crippen LogP contribution in [0.3, 0.4) is 0 Å². The first-order valence-electron chi connectivity index (χ1n) is 9.30. The summed E-state index contributed by atoms with van der Waals surface area (Å²) in [6.45, 7) is 4.74. The smallest absolute Gasteiger partial charge is 0.269 e. The summed E-state index contributed by atoms with van der Waals surface area (Å²) in [5, 5.41) is 0. The third-order valence-electron chi connectivity index (χ3n) is 5.32. The van der Waals surface area contributed by atoms with Crippen molar-refractivity contribution in [1.82, 2.24) is 14.1 Å². The Bertz CT molecular complexity index is 970. The first-order valence-corrected chi connectivity index (χ1v) is 10.7. The molecule has 148 valence electrons. The lowest BCUT2D eigenvalue weighted by atomic mass is 10.2. The van der Waals surface area contributed by atoms with Crippen molar-refractivity contribution < 1.29 is 17.6 Å². The van der Waals surface area contributed by atoms with Gasteiger partial charge in [0.05, 0.1) is 12.1 Å². The van der Waals surface area contributed by atoms with Crippen molar-refractivity contribution >= 4 is 15.9 Å². The van der Waals surface area contributed by atoms with Crippen molar-refractivity contribution in [3.8, 4) is 0 Å². The van der Waals surface area contributed by atoms with Crippen molar-refractivity contribution in [3.63, 3.8) is 0 Å². The standard InChI is InChI=1S/C20H22FN3O3S/c21-17-7-5-16(6-8-17)15-23-11-9-22(10-12-23)13-14-24-20(25)18-3-1-2-4-19(18)28(24,26)27/h1-8H,9-15H2. The van der Waals surface area contributed by atoms with Crippen molar-refractivity contribution in [2.75, 3.05) is 39.3 Å². The highest BCUT2D eigenvalue weighted by molar-refractivity contribution is 7.90. The Hall–Kier alpha value is -2.29. The van der Waals surface area contributed by atoms with Crippen LogP contribution in [-0.4, -0.2) is 67.7 Å². The zero-order chi connectivity index (χ0) is 19.7. The highest BCUT2D eigenvalue weighted by atomic mass is 32.2. The number of carbonyl (C=O) groups excluding carboxylic acids is 1. The Kier molecular flexibility index (Phi) is 5.18. The largest absolute Gasteiger partial charge is 0.299 e. The van der Waals surface area contributed by atoms with Crippen molar-refractivity contribution in [2.45, 2.75) is 11.4 Å². The molecule has 2 heterocycles. The fourth-order valence-electron chi connectivity index (χ4n) is 3.70. The summed E-state index contributed by atoms with van der Waals surface area (Å²) in [7, 11) is -3.74. The minimum absolute atomic E-state index is 0.101. The zero-order valence-electron chi connectivity index (χ0n) is 15.4. The van der Waals surface area contributed by atoms with Crippen LogP contribution in [0, 0.1) is 5.82 Å². The second kappa shape index (κ2) is 7.62. The summed E-state index contributed by atoms with van der Waals surface area (Å²) < 4.78 is 39.2. The number of nitrogens with zero attached hydrogens (tertiary/aromatic N) is 3. The number of carbonyl (C=O) groups is 1. The van der Waals surface area contributed by atoms with Gasteiger partial charge in [0, 0.05) is 39.3 Å². The summed E-state index contributed by atoms with van der Waals surface area (Å²) >= 11 is 0. The molecule has 0 unspecified atom stereocenters. The third-order valence-corrected chi connectivity index (χ3v) is 7.16. The SMILES string of the molecule is O=C1c2ccccc2S(=O)(=O)N1CCN1CCN(Cc2ccc(F)cc2)CC1. The molecule has 8 heteroatoms. The first-order chi connectivity index (χ1) is 13.4. The minimum Gasteiger partial charge on any atom is -0.299 e. The number of hydrogen-bond donors (Lipinski definition) is 0. The van der Waals surface area contributed by atoms with E-state index in [0.29, 0.717) is 6.54 Å². The molecule has 1 fully saturated rings. The second-order valence-corrected chi connectivity index (χ2v) is 8.95. The molecule has 2 aromatic carbocycles. The van der Waals surface area contributed by atoms with Crippen LogP contribution in [0.1, 0.15) is 15.9 Å². The minimum atomic E-state index is -3.74. The summed E-state index contributed by atoms with van der Waals surface area (Å²) in [5.41, 5.74) is 1.33. The van der Waals surface area contributed by atoms with E-state index in [1.165, 1.54) is 18.2 Å². The number of amides is 1. The molecule has 0 saturated carbocycles. The molecule has 1 amide bonds. The van der Waals surface area contributed by atoms with E-state index in [1.54, 1.807) is 30.3 Å². The number of benzene rings is 2. The molecule has 0 aliphatic carbocycles. The van der Waals surface area contributed by atoms with E-state index in [9.17, 15) is 17.6 Å². The van der Waals surface area contributed by atoms with Crippen molar-refractivity contribution in [1.29, 1.82) is 0 Å². The lowest BCUT2D eigenvalue weighted by Gasteiger charge is -2.35. The van der Waals surface area contributed by atoms with Crippen LogP contribution in [0.5, 0.6) is 0 Å². The molecule has 0 spiro atoms. The molecular weight excluding hydrogens is 381 g/mol. The normalized spacial score (nSPS) is 19.8. The Morgan fingerprint density at radius 3 is 2.18 bits per heavy atom. The van der Waals surface area contributed by atoms with E-state index in [0.717, 1.165) is 42.6 Å². The number of rotatable bonds is 5. The Morgan fingerprint density at radius 2 is 1.50 bits per heavy atom. The zero-order valence-corrected chi connectivity index (χ0v) is 16.2. The molecule has 2 aromatic rings. The quantitative estimate of drug-likeness (QED) is 0.762. The summed E-state index contributed by atoms with van der Waals surface area (Å²) in [6.07, 6.45) is 0. The van der Waals surface area contributed by atoms with Crippen LogP contribution in [0.2, 0.25) is 0 Å². The number of fused-ring (bicyclic) bond motifs is 1. The van der Waals surface area contributed by atoms with Gasteiger partial charge in [-0.3, -0.25) is 14.6 Å². The van der Waals surface area contributed by atoms with Gasteiger partial charge in [-0.05, 0) is 29.8 Å². The Labute approximate surface area is 164 Å². The molecular formula is C20H22FN3O3S. The highest BCUT2D eigenvalue weighted by Crippen LogP contribution is 2.29. The fourth-order valence-corrected chi connectivity index (χ4v) is 5.26. The van der Waals surface area contributed by atoms with E-state index in [4.69, 9.17) is 0 Å². The molecule has 1 saturated heterocycles. The van der Waals surface area contributed by atoms with Crippen LogP contribution < -0.4 is 0 Å². The fraction of sp³-hybridized carbons (Fsp3) is 0.350.